The van der Waals surface area contributed by atoms with Gasteiger partial charge in [0, 0.05) is 24.8 Å². The predicted molar refractivity (Wildman–Crippen MR) is 45.1 cm³/mol. The van der Waals surface area contributed by atoms with Gasteiger partial charge in [-0.05, 0) is 6.92 Å². The Morgan fingerprint density at radius 1 is 1.73 bits per heavy atom. The fraction of sp³-hybridized carbons (Fsp3) is 0.375. The molecule has 1 rings (SSSR count). The second-order valence-corrected chi connectivity index (χ2v) is 2.31. The maximum absolute atomic E-state index is 3.84. The number of hydrogen-bond acceptors (Lipinski definition) is 2. The topological polar surface area (TPSA) is 40.7 Å². The van der Waals surface area contributed by atoms with Crippen LogP contribution in [0.1, 0.15) is 12.5 Å². The molecule has 0 amide bonds. The first kappa shape index (κ1) is 8.01. The molecule has 0 spiro atoms. The minimum absolute atomic E-state index is 0.876. The number of allylic oxidation sites excluding steroid dienone is 1. The largest absolute Gasteiger partial charge is 0.309 e. The van der Waals surface area contributed by atoms with Crippen molar-refractivity contribution >= 4 is 0 Å². The van der Waals surface area contributed by atoms with Crippen LogP contribution in [-0.2, 0) is 6.54 Å². The molecule has 3 nitrogen and oxygen atoms in total. The molecule has 0 bridgehead atoms. The van der Waals surface area contributed by atoms with Crippen molar-refractivity contribution < 1.29 is 0 Å². The molecule has 0 aliphatic rings. The van der Waals surface area contributed by atoms with Crippen LogP contribution >= 0.6 is 0 Å². The molecule has 2 N–H and O–H groups in total. The van der Waals surface area contributed by atoms with E-state index in [1.54, 1.807) is 0 Å². The fourth-order valence-electron chi connectivity index (χ4n) is 0.792. The van der Waals surface area contributed by atoms with E-state index in [1.807, 2.05) is 25.4 Å². The van der Waals surface area contributed by atoms with Crippen LogP contribution in [0.4, 0.5) is 0 Å². The summed E-state index contributed by atoms with van der Waals surface area (Å²) in [5, 5.41) is 9.84. The third kappa shape index (κ3) is 3.00. The molecular formula is C8H13N3. The van der Waals surface area contributed by atoms with Crippen molar-refractivity contribution in [2.45, 2.75) is 13.5 Å². The van der Waals surface area contributed by atoms with Gasteiger partial charge in [0.1, 0.15) is 0 Å². The van der Waals surface area contributed by atoms with Gasteiger partial charge in [-0.3, -0.25) is 5.10 Å². The van der Waals surface area contributed by atoms with Crippen LogP contribution in [0.15, 0.2) is 24.5 Å². The lowest BCUT2D eigenvalue weighted by Crippen LogP contribution is -2.11. The summed E-state index contributed by atoms with van der Waals surface area (Å²) in [7, 11) is 0. The van der Waals surface area contributed by atoms with E-state index >= 15 is 0 Å². The van der Waals surface area contributed by atoms with E-state index in [2.05, 4.69) is 21.6 Å². The number of aromatic nitrogens is 2. The zero-order valence-electron chi connectivity index (χ0n) is 6.67. The number of nitrogens with one attached hydrogen (secondary N) is 2. The molecule has 0 radical (unpaired) electrons. The highest BCUT2D eigenvalue weighted by Crippen LogP contribution is 1.90. The molecule has 1 aromatic rings. The Labute approximate surface area is 66.5 Å². The van der Waals surface area contributed by atoms with E-state index < -0.39 is 0 Å². The predicted octanol–water partition coefficient (Wildman–Crippen LogP) is 1.08. The van der Waals surface area contributed by atoms with Crippen molar-refractivity contribution in [2.24, 2.45) is 0 Å². The number of hydrogen-bond donors (Lipinski definition) is 2. The summed E-state index contributed by atoms with van der Waals surface area (Å²) in [6.07, 6.45) is 7.83. The molecule has 0 aliphatic carbocycles. The highest BCUT2D eigenvalue weighted by molar-refractivity contribution is 5.01. The van der Waals surface area contributed by atoms with Gasteiger partial charge in [-0.25, -0.2) is 0 Å². The van der Waals surface area contributed by atoms with Gasteiger partial charge in [0.05, 0.1) is 6.20 Å². The van der Waals surface area contributed by atoms with Gasteiger partial charge >= 0.3 is 0 Å². The van der Waals surface area contributed by atoms with Gasteiger partial charge in [0.2, 0.25) is 0 Å². The van der Waals surface area contributed by atoms with Gasteiger partial charge in [0.15, 0.2) is 0 Å². The van der Waals surface area contributed by atoms with Gasteiger partial charge < -0.3 is 5.32 Å². The lowest BCUT2D eigenvalue weighted by atomic mass is 10.3. The van der Waals surface area contributed by atoms with Crippen LogP contribution in [0, 0.1) is 0 Å². The Kier molecular flexibility index (Phi) is 3.41. The molecule has 11 heavy (non-hydrogen) atoms. The molecule has 3 heteroatoms. The first-order valence-electron chi connectivity index (χ1n) is 3.73. The summed E-state index contributed by atoms with van der Waals surface area (Å²) >= 11 is 0. The first-order chi connectivity index (χ1) is 5.43. The normalized spacial score (nSPS) is 11.0. The average molecular weight is 151 g/mol. The molecule has 0 unspecified atom stereocenters. The third-order valence-corrected chi connectivity index (χ3v) is 1.38. The Morgan fingerprint density at radius 2 is 2.64 bits per heavy atom. The van der Waals surface area contributed by atoms with E-state index in [0.29, 0.717) is 0 Å². The number of nitrogens with zero attached hydrogens (tertiary/aromatic N) is 1. The van der Waals surface area contributed by atoms with Crippen LogP contribution in [-0.4, -0.2) is 16.7 Å². The second kappa shape index (κ2) is 4.68. The zero-order chi connectivity index (χ0) is 7.94. The lowest BCUT2D eigenvalue weighted by Gasteiger charge is -1.95. The number of H-pyrrole nitrogens is 1. The smallest absolute Gasteiger partial charge is 0.0532 e. The van der Waals surface area contributed by atoms with Gasteiger partial charge in [0.25, 0.3) is 0 Å². The molecular weight excluding hydrogens is 138 g/mol. The highest BCUT2D eigenvalue weighted by Gasteiger charge is 1.89. The summed E-state index contributed by atoms with van der Waals surface area (Å²) in [5.74, 6) is 0. The minimum Gasteiger partial charge on any atom is -0.309 e. The lowest BCUT2D eigenvalue weighted by molar-refractivity contribution is 0.760. The van der Waals surface area contributed by atoms with Gasteiger partial charge in [-0.1, -0.05) is 12.2 Å². The standard InChI is InChI=1S/C8H13N3/c1-2-3-4-9-5-8-6-10-11-7-8/h2-3,6-7,9H,4-5H2,1H3,(H,10,11)/b3-2+. The summed E-state index contributed by atoms with van der Waals surface area (Å²) in [6, 6.07) is 0. The molecule has 0 saturated heterocycles. The molecule has 60 valence electrons. The van der Waals surface area contributed by atoms with E-state index in [1.165, 1.54) is 5.56 Å². The molecule has 0 fully saturated rings. The third-order valence-electron chi connectivity index (χ3n) is 1.38. The Bertz CT molecular complexity index is 201. The van der Waals surface area contributed by atoms with Crippen LogP contribution < -0.4 is 5.32 Å². The molecule has 0 aliphatic heterocycles. The van der Waals surface area contributed by atoms with E-state index in [4.69, 9.17) is 0 Å². The quantitative estimate of drug-likeness (QED) is 0.499. The zero-order valence-corrected chi connectivity index (χ0v) is 6.67. The van der Waals surface area contributed by atoms with Crippen molar-refractivity contribution in [1.29, 1.82) is 0 Å². The van der Waals surface area contributed by atoms with Gasteiger partial charge in [-0.15, -0.1) is 0 Å². The Morgan fingerprint density at radius 3 is 3.27 bits per heavy atom. The van der Waals surface area contributed by atoms with Crippen molar-refractivity contribution in [2.75, 3.05) is 6.54 Å². The summed E-state index contributed by atoms with van der Waals surface area (Å²) < 4.78 is 0. The van der Waals surface area contributed by atoms with Crippen molar-refractivity contribution in [3.8, 4) is 0 Å². The molecule has 0 atom stereocenters. The molecule has 1 aromatic heterocycles. The van der Waals surface area contributed by atoms with Crippen molar-refractivity contribution in [3.63, 3.8) is 0 Å². The maximum atomic E-state index is 3.84. The fourth-order valence-corrected chi connectivity index (χ4v) is 0.792. The molecule has 0 saturated carbocycles. The monoisotopic (exact) mass is 151 g/mol. The SMILES string of the molecule is C/C=C/CNCc1cn[nH]c1. The first-order valence-corrected chi connectivity index (χ1v) is 3.73. The molecule has 1 heterocycles. The number of rotatable bonds is 4. The maximum Gasteiger partial charge on any atom is 0.0532 e. The van der Waals surface area contributed by atoms with Crippen molar-refractivity contribution in [1.82, 2.24) is 15.5 Å². The second-order valence-electron chi connectivity index (χ2n) is 2.31. The van der Waals surface area contributed by atoms with E-state index in [0.717, 1.165) is 13.1 Å². The minimum atomic E-state index is 0.876. The average Bonchev–Trinajstić information content (AvgIpc) is 2.50. The molecule has 0 aromatic carbocycles. The van der Waals surface area contributed by atoms with Crippen LogP contribution in [0.3, 0.4) is 0 Å². The van der Waals surface area contributed by atoms with E-state index in [-0.39, 0.29) is 0 Å². The van der Waals surface area contributed by atoms with Crippen molar-refractivity contribution in [3.05, 3.63) is 30.1 Å². The van der Waals surface area contributed by atoms with Crippen LogP contribution in [0.25, 0.3) is 0 Å². The van der Waals surface area contributed by atoms with Gasteiger partial charge in [-0.2, -0.15) is 5.10 Å². The number of aromatic amines is 1. The summed E-state index contributed by atoms with van der Waals surface area (Å²) in [4.78, 5) is 0. The van der Waals surface area contributed by atoms with E-state index in [9.17, 15) is 0 Å². The van der Waals surface area contributed by atoms with Crippen LogP contribution in [0.2, 0.25) is 0 Å². The Balaban J connectivity index is 2.14. The van der Waals surface area contributed by atoms with Crippen LogP contribution in [0.5, 0.6) is 0 Å². The highest BCUT2D eigenvalue weighted by atomic mass is 15.1. The summed E-state index contributed by atoms with van der Waals surface area (Å²) in [5.41, 5.74) is 1.19. The summed E-state index contributed by atoms with van der Waals surface area (Å²) in [6.45, 7) is 3.81. The Hall–Kier alpha value is -1.09.